The molecule has 1 amide bonds. The summed E-state index contributed by atoms with van der Waals surface area (Å²) in [4.78, 5) is 11.3. The predicted molar refractivity (Wildman–Crippen MR) is 67.0 cm³/mol. The zero-order valence-electron chi connectivity index (χ0n) is 11.3. The highest BCUT2D eigenvalue weighted by molar-refractivity contribution is 5.80. The highest BCUT2D eigenvalue weighted by Gasteiger charge is 2.46. The number of rotatable bonds is 4. The molecule has 21 heavy (non-hydrogen) atoms. The SMILES string of the molecule is C[C@H](O)C(=O)NCC1(c2cc(F)cc(C(F)(F)F)c2)CC1. The molecule has 1 fully saturated rings. The van der Waals surface area contributed by atoms with Crippen LogP contribution in [0.2, 0.25) is 0 Å². The van der Waals surface area contributed by atoms with E-state index in [0.29, 0.717) is 18.9 Å². The van der Waals surface area contributed by atoms with Gasteiger partial charge in [0, 0.05) is 12.0 Å². The van der Waals surface area contributed by atoms with Gasteiger partial charge in [-0.15, -0.1) is 0 Å². The van der Waals surface area contributed by atoms with Crippen molar-refractivity contribution in [1.82, 2.24) is 5.32 Å². The number of carbonyl (C=O) groups excluding carboxylic acids is 1. The van der Waals surface area contributed by atoms with Crippen LogP contribution in [0.15, 0.2) is 18.2 Å². The second-order valence-electron chi connectivity index (χ2n) is 5.40. The predicted octanol–water partition coefficient (Wildman–Crippen LogP) is 2.37. The monoisotopic (exact) mass is 305 g/mol. The number of hydrogen-bond donors (Lipinski definition) is 2. The van der Waals surface area contributed by atoms with Gasteiger partial charge in [-0.1, -0.05) is 0 Å². The Morgan fingerprint density at radius 3 is 2.48 bits per heavy atom. The second-order valence-corrected chi connectivity index (χ2v) is 5.40. The smallest absolute Gasteiger partial charge is 0.384 e. The van der Waals surface area contributed by atoms with Gasteiger partial charge in [0.1, 0.15) is 11.9 Å². The summed E-state index contributed by atoms with van der Waals surface area (Å²) < 4.78 is 51.5. The summed E-state index contributed by atoms with van der Waals surface area (Å²) >= 11 is 0. The minimum absolute atomic E-state index is 0.0808. The topological polar surface area (TPSA) is 49.3 Å². The molecule has 7 heteroatoms. The first kappa shape index (κ1) is 15.8. The lowest BCUT2D eigenvalue weighted by Gasteiger charge is -2.19. The maximum absolute atomic E-state index is 13.4. The molecule has 2 rings (SSSR count). The van der Waals surface area contributed by atoms with Crippen molar-refractivity contribution in [2.24, 2.45) is 0 Å². The van der Waals surface area contributed by atoms with Gasteiger partial charge in [-0.05, 0) is 43.5 Å². The van der Waals surface area contributed by atoms with Crippen LogP contribution in [0.3, 0.4) is 0 Å². The number of aliphatic hydroxyl groups excluding tert-OH is 1. The molecule has 0 saturated heterocycles. The van der Waals surface area contributed by atoms with Gasteiger partial charge in [-0.2, -0.15) is 13.2 Å². The van der Waals surface area contributed by atoms with E-state index in [-0.39, 0.29) is 12.1 Å². The Balaban J connectivity index is 2.21. The van der Waals surface area contributed by atoms with Crippen LogP contribution in [-0.4, -0.2) is 23.7 Å². The highest BCUT2D eigenvalue weighted by atomic mass is 19.4. The number of alkyl halides is 3. The van der Waals surface area contributed by atoms with Crippen molar-refractivity contribution in [3.05, 3.63) is 35.1 Å². The van der Waals surface area contributed by atoms with Crippen LogP contribution < -0.4 is 5.32 Å². The Kier molecular flexibility index (Phi) is 3.97. The van der Waals surface area contributed by atoms with Gasteiger partial charge >= 0.3 is 6.18 Å². The normalized spacial score (nSPS) is 18.2. The van der Waals surface area contributed by atoms with Gasteiger partial charge in [0.15, 0.2) is 0 Å². The van der Waals surface area contributed by atoms with Crippen molar-refractivity contribution in [3.63, 3.8) is 0 Å². The second kappa shape index (κ2) is 5.29. The summed E-state index contributed by atoms with van der Waals surface area (Å²) in [5.41, 5.74) is -1.49. The molecule has 1 aliphatic carbocycles. The molecule has 0 radical (unpaired) electrons. The highest BCUT2D eigenvalue weighted by Crippen LogP contribution is 2.48. The van der Waals surface area contributed by atoms with Crippen LogP contribution in [0, 0.1) is 5.82 Å². The molecule has 0 heterocycles. The Morgan fingerprint density at radius 2 is 2.00 bits per heavy atom. The van der Waals surface area contributed by atoms with E-state index in [2.05, 4.69) is 5.32 Å². The first-order valence-electron chi connectivity index (χ1n) is 6.48. The van der Waals surface area contributed by atoms with E-state index >= 15 is 0 Å². The van der Waals surface area contributed by atoms with E-state index in [1.807, 2.05) is 0 Å². The molecule has 0 bridgehead atoms. The van der Waals surface area contributed by atoms with Crippen molar-refractivity contribution < 1.29 is 27.5 Å². The molecule has 2 N–H and O–H groups in total. The molecule has 1 aromatic carbocycles. The summed E-state index contributed by atoms with van der Waals surface area (Å²) in [5, 5.41) is 11.6. The van der Waals surface area contributed by atoms with Crippen molar-refractivity contribution in [3.8, 4) is 0 Å². The maximum atomic E-state index is 13.4. The number of aliphatic hydroxyl groups is 1. The molecule has 0 aromatic heterocycles. The van der Waals surface area contributed by atoms with Crippen molar-refractivity contribution in [2.75, 3.05) is 6.54 Å². The van der Waals surface area contributed by atoms with Crippen molar-refractivity contribution in [2.45, 2.75) is 37.5 Å². The quantitative estimate of drug-likeness (QED) is 0.839. The zero-order valence-corrected chi connectivity index (χ0v) is 11.3. The van der Waals surface area contributed by atoms with Gasteiger partial charge < -0.3 is 10.4 Å². The molecule has 1 aliphatic rings. The average Bonchev–Trinajstić information content (AvgIpc) is 3.15. The van der Waals surface area contributed by atoms with Gasteiger partial charge in [0.05, 0.1) is 5.56 Å². The number of halogens is 4. The lowest BCUT2D eigenvalue weighted by atomic mass is 9.93. The third-order valence-corrected chi connectivity index (χ3v) is 3.67. The first-order chi connectivity index (χ1) is 9.64. The first-order valence-corrected chi connectivity index (χ1v) is 6.48. The molecule has 0 unspecified atom stereocenters. The zero-order chi connectivity index (χ0) is 15.8. The molecule has 0 aliphatic heterocycles. The maximum Gasteiger partial charge on any atom is 0.416 e. The fourth-order valence-electron chi connectivity index (χ4n) is 2.18. The lowest BCUT2D eigenvalue weighted by molar-refractivity contribution is -0.137. The minimum Gasteiger partial charge on any atom is -0.384 e. The van der Waals surface area contributed by atoms with E-state index in [9.17, 15) is 22.4 Å². The number of benzene rings is 1. The molecule has 116 valence electrons. The Labute approximate surface area is 119 Å². The van der Waals surface area contributed by atoms with E-state index in [4.69, 9.17) is 5.11 Å². The van der Waals surface area contributed by atoms with Crippen LogP contribution in [-0.2, 0) is 16.4 Å². The Morgan fingerprint density at radius 1 is 1.38 bits per heavy atom. The van der Waals surface area contributed by atoms with Crippen LogP contribution >= 0.6 is 0 Å². The number of hydrogen-bond acceptors (Lipinski definition) is 2. The Bertz CT molecular complexity index is 550. The van der Waals surface area contributed by atoms with Gasteiger partial charge in [0.2, 0.25) is 5.91 Å². The van der Waals surface area contributed by atoms with Crippen LogP contribution in [0.4, 0.5) is 17.6 Å². The summed E-state index contributed by atoms with van der Waals surface area (Å²) in [6.45, 7) is 1.37. The van der Waals surface area contributed by atoms with Gasteiger partial charge in [-0.3, -0.25) is 4.79 Å². The number of nitrogens with one attached hydrogen (secondary N) is 1. The fourth-order valence-corrected chi connectivity index (χ4v) is 2.18. The summed E-state index contributed by atoms with van der Waals surface area (Å²) in [6, 6.07) is 2.44. The Hall–Kier alpha value is -1.63. The molecule has 1 saturated carbocycles. The van der Waals surface area contributed by atoms with E-state index in [1.54, 1.807) is 0 Å². The number of carbonyl (C=O) groups is 1. The van der Waals surface area contributed by atoms with Gasteiger partial charge in [0.25, 0.3) is 0 Å². The van der Waals surface area contributed by atoms with E-state index in [1.165, 1.54) is 6.92 Å². The standard InChI is InChI=1S/C14H15F4NO2/c1-8(20)12(21)19-7-13(2-3-13)9-4-10(14(16,17)18)6-11(15)5-9/h4-6,8,20H,2-3,7H2,1H3,(H,19,21)/t8-/m0/s1. The summed E-state index contributed by atoms with van der Waals surface area (Å²) in [5.74, 6) is -1.55. The molecule has 0 spiro atoms. The third kappa shape index (κ3) is 3.53. The molecule has 3 nitrogen and oxygen atoms in total. The van der Waals surface area contributed by atoms with E-state index in [0.717, 1.165) is 12.1 Å². The van der Waals surface area contributed by atoms with Gasteiger partial charge in [-0.25, -0.2) is 4.39 Å². The average molecular weight is 305 g/mol. The van der Waals surface area contributed by atoms with Crippen molar-refractivity contribution >= 4 is 5.91 Å². The molecule has 1 aromatic rings. The molecule has 1 atom stereocenters. The summed E-state index contributed by atoms with van der Waals surface area (Å²) in [6.07, 6.45) is -4.68. The van der Waals surface area contributed by atoms with Crippen molar-refractivity contribution in [1.29, 1.82) is 0 Å². The fraction of sp³-hybridized carbons (Fsp3) is 0.500. The minimum atomic E-state index is -4.62. The van der Waals surface area contributed by atoms with Crippen LogP contribution in [0.5, 0.6) is 0 Å². The van der Waals surface area contributed by atoms with Crippen LogP contribution in [0.25, 0.3) is 0 Å². The largest absolute Gasteiger partial charge is 0.416 e. The molecular weight excluding hydrogens is 290 g/mol. The summed E-state index contributed by atoms with van der Waals surface area (Å²) in [7, 11) is 0. The lowest BCUT2D eigenvalue weighted by Crippen LogP contribution is -2.37. The molecular formula is C14H15F4NO2. The number of amides is 1. The van der Waals surface area contributed by atoms with Crippen LogP contribution in [0.1, 0.15) is 30.9 Å². The van der Waals surface area contributed by atoms with E-state index < -0.39 is 35.0 Å². The third-order valence-electron chi connectivity index (χ3n) is 3.67.